The fourth-order valence-corrected chi connectivity index (χ4v) is 0.303. The number of methoxy groups -OCH3 is 2. The summed E-state index contributed by atoms with van der Waals surface area (Å²) in [5, 5.41) is 0. The van der Waals surface area contributed by atoms with E-state index in [1.807, 2.05) is 6.92 Å². The van der Waals surface area contributed by atoms with Crippen LogP contribution in [-0.2, 0) is 35.3 Å². The fourth-order valence-electron chi connectivity index (χ4n) is 0.303. The van der Waals surface area contributed by atoms with Gasteiger partial charge in [-0.1, -0.05) is 0 Å². The molecule has 0 aromatic rings. The molecule has 1 radical (unpaired) electrons. The molecule has 0 saturated heterocycles. The van der Waals surface area contributed by atoms with E-state index in [1.165, 1.54) is 0 Å². The molecule has 1 unspecified atom stereocenters. The molecule has 8 heavy (non-hydrogen) atoms. The average Bonchev–Trinajstić information content (AvgIpc) is 1.68. The molecule has 0 heterocycles. The van der Waals surface area contributed by atoms with E-state index in [0.29, 0.717) is 6.61 Å². The molecule has 0 rings (SSSR count). The van der Waals surface area contributed by atoms with Crippen LogP contribution in [0.3, 0.4) is 0 Å². The van der Waals surface area contributed by atoms with E-state index in [2.05, 4.69) is 0 Å². The quantitative estimate of drug-likeness (QED) is 0.587. The van der Waals surface area contributed by atoms with Crippen LogP contribution in [0, 0.1) is 0 Å². The first-order valence-electron chi connectivity index (χ1n) is 2.33. The van der Waals surface area contributed by atoms with E-state index in [4.69, 9.17) is 9.47 Å². The van der Waals surface area contributed by atoms with Gasteiger partial charge < -0.3 is 9.47 Å². The SMILES string of the molecule is COCC(C)OC.[Sc]. The molecule has 0 bridgehead atoms. The summed E-state index contributed by atoms with van der Waals surface area (Å²) in [6.07, 6.45) is 0.227. The summed E-state index contributed by atoms with van der Waals surface area (Å²) >= 11 is 0. The predicted molar refractivity (Wildman–Crippen MR) is 28.3 cm³/mol. The van der Waals surface area contributed by atoms with Crippen LogP contribution in [0.15, 0.2) is 0 Å². The Hall–Kier alpha value is 0.790. The third kappa shape index (κ3) is 6.79. The van der Waals surface area contributed by atoms with Crippen molar-refractivity contribution in [3.63, 3.8) is 0 Å². The monoisotopic (exact) mass is 149 g/mol. The van der Waals surface area contributed by atoms with Gasteiger partial charge in [0.2, 0.25) is 0 Å². The van der Waals surface area contributed by atoms with Crippen LogP contribution in [0.25, 0.3) is 0 Å². The normalized spacial score (nSPS) is 12.4. The second kappa shape index (κ2) is 7.79. The molecule has 0 amide bonds. The smallest absolute Gasteiger partial charge is 0.0776 e. The maximum absolute atomic E-state index is 4.87. The molecule has 0 aliphatic carbocycles. The van der Waals surface area contributed by atoms with E-state index in [-0.39, 0.29) is 31.9 Å². The topological polar surface area (TPSA) is 18.5 Å². The van der Waals surface area contributed by atoms with Crippen LogP contribution in [-0.4, -0.2) is 26.9 Å². The van der Waals surface area contributed by atoms with E-state index in [9.17, 15) is 0 Å². The van der Waals surface area contributed by atoms with Crippen molar-refractivity contribution in [3.05, 3.63) is 0 Å². The maximum atomic E-state index is 4.87. The van der Waals surface area contributed by atoms with Crippen LogP contribution in [0.1, 0.15) is 6.92 Å². The molecule has 0 aromatic carbocycles. The molecular weight excluding hydrogens is 137 g/mol. The van der Waals surface area contributed by atoms with Crippen molar-refractivity contribution in [2.75, 3.05) is 20.8 Å². The van der Waals surface area contributed by atoms with Gasteiger partial charge in [-0.25, -0.2) is 0 Å². The predicted octanol–water partition coefficient (Wildman–Crippen LogP) is 0.665. The summed E-state index contributed by atoms with van der Waals surface area (Å²) in [4.78, 5) is 0. The number of ether oxygens (including phenoxy) is 2. The Labute approximate surface area is 69.3 Å². The van der Waals surface area contributed by atoms with Crippen molar-refractivity contribution in [1.29, 1.82) is 0 Å². The van der Waals surface area contributed by atoms with E-state index >= 15 is 0 Å². The van der Waals surface area contributed by atoms with E-state index in [1.54, 1.807) is 14.2 Å². The van der Waals surface area contributed by atoms with Crippen LogP contribution in [0.2, 0.25) is 0 Å². The summed E-state index contributed by atoms with van der Waals surface area (Å²) in [7, 11) is 3.33. The molecule has 0 N–H and O–H groups in total. The van der Waals surface area contributed by atoms with Crippen LogP contribution in [0.5, 0.6) is 0 Å². The first-order valence-corrected chi connectivity index (χ1v) is 2.33. The summed E-state index contributed by atoms with van der Waals surface area (Å²) in [6, 6.07) is 0. The van der Waals surface area contributed by atoms with Crippen molar-refractivity contribution in [1.82, 2.24) is 0 Å². The van der Waals surface area contributed by atoms with Crippen LogP contribution < -0.4 is 0 Å². The van der Waals surface area contributed by atoms with Gasteiger partial charge in [0.15, 0.2) is 0 Å². The Bertz CT molecular complexity index is 41.4. The van der Waals surface area contributed by atoms with Crippen molar-refractivity contribution in [2.24, 2.45) is 0 Å². The van der Waals surface area contributed by atoms with Gasteiger partial charge in [0.1, 0.15) is 0 Å². The van der Waals surface area contributed by atoms with Gasteiger partial charge in [0, 0.05) is 40.1 Å². The molecule has 0 aromatic heterocycles. The zero-order chi connectivity index (χ0) is 5.70. The van der Waals surface area contributed by atoms with Gasteiger partial charge in [-0.05, 0) is 6.92 Å². The molecule has 0 aliphatic rings. The average molecular weight is 149 g/mol. The Morgan fingerprint density at radius 2 is 1.88 bits per heavy atom. The standard InChI is InChI=1S/C5H12O2.Sc/c1-5(7-3)4-6-2;/h5H,4H2,1-3H3;. The van der Waals surface area contributed by atoms with E-state index < -0.39 is 0 Å². The molecule has 3 heteroatoms. The molecule has 1 atom stereocenters. The Kier molecular flexibility index (Phi) is 11.3. The number of hydrogen-bond acceptors (Lipinski definition) is 2. The van der Waals surface area contributed by atoms with Gasteiger partial charge >= 0.3 is 0 Å². The van der Waals surface area contributed by atoms with E-state index in [0.717, 1.165) is 0 Å². The third-order valence-electron chi connectivity index (χ3n) is 0.804. The summed E-state index contributed by atoms with van der Waals surface area (Å²) < 4.78 is 9.64. The summed E-state index contributed by atoms with van der Waals surface area (Å²) in [5.74, 6) is 0. The second-order valence-corrected chi connectivity index (χ2v) is 1.50. The van der Waals surface area contributed by atoms with Crippen LogP contribution >= 0.6 is 0 Å². The minimum atomic E-state index is 0. The molecular formula is C5H12O2Sc. The summed E-state index contributed by atoms with van der Waals surface area (Å²) in [5.41, 5.74) is 0. The minimum Gasteiger partial charge on any atom is -0.382 e. The zero-order valence-corrected chi connectivity index (χ0v) is 7.48. The Morgan fingerprint density at radius 3 is 2.00 bits per heavy atom. The van der Waals surface area contributed by atoms with Crippen molar-refractivity contribution >= 4 is 0 Å². The Morgan fingerprint density at radius 1 is 1.38 bits per heavy atom. The van der Waals surface area contributed by atoms with Gasteiger partial charge in [-0.2, -0.15) is 0 Å². The molecule has 0 spiro atoms. The van der Waals surface area contributed by atoms with Crippen molar-refractivity contribution < 1.29 is 35.3 Å². The van der Waals surface area contributed by atoms with Gasteiger partial charge in [-0.15, -0.1) is 0 Å². The van der Waals surface area contributed by atoms with Gasteiger partial charge in [0.05, 0.1) is 12.7 Å². The fraction of sp³-hybridized carbons (Fsp3) is 1.00. The molecule has 0 aliphatic heterocycles. The Balaban J connectivity index is 0. The molecule has 47 valence electrons. The molecule has 0 saturated carbocycles. The number of rotatable bonds is 3. The van der Waals surface area contributed by atoms with Gasteiger partial charge in [-0.3, -0.25) is 0 Å². The number of hydrogen-bond donors (Lipinski definition) is 0. The third-order valence-corrected chi connectivity index (χ3v) is 0.804. The first kappa shape index (κ1) is 11.6. The molecule has 0 fully saturated rings. The molecule has 2 nitrogen and oxygen atoms in total. The van der Waals surface area contributed by atoms with Crippen LogP contribution in [0.4, 0.5) is 0 Å². The first-order chi connectivity index (χ1) is 3.31. The van der Waals surface area contributed by atoms with Crippen molar-refractivity contribution in [3.8, 4) is 0 Å². The largest absolute Gasteiger partial charge is 0.382 e. The summed E-state index contributed by atoms with van der Waals surface area (Å²) in [6.45, 7) is 2.64. The van der Waals surface area contributed by atoms with Gasteiger partial charge in [0.25, 0.3) is 0 Å². The van der Waals surface area contributed by atoms with Crippen molar-refractivity contribution in [2.45, 2.75) is 13.0 Å². The zero-order valence-electron chi connectivity index (χ0n) is 5.68. The maximum Gasteiger partial charge on any atom is 0.0776 e. The second-order valence-electron chi connectivity index (χ2n) is 1.50. The minimum absolute atomic E-state index is 0.